The number of rotatable bonds is 7. The summed E-state index contributed by atoms with van der Waals surface area (Å²) in [4.78, 5) is 1.46. The van der Waals surface area contributed by atoms with Gasteiger partial charge in [-0.15, -0.1) is 0 Å². The number of alkyl halides is 3. The first-order valence-electron chi connectivity index (χ1n) is 5.76. The number of nitrogens with one attached hydrogen (secondary N) is 1. The largest absolute Gasteiger partial charge is 0.401 e. The summed E-state index contributed by atoms with van der Waals surface area (Å²) >= 11 is 0. The van der Waals surface area contributed by atoms with Crippen molar-refractivity contribution in [2.45, 2.75) is 52.4 Å². The van der Waals surface area contributed by atoms with Crippen molar-refractivity contribution >= 4 is 0 Å². The molecule has 98 valence electrons. The van der Waals surface area contributed by atoms with Gasteiger partial charge in [-0.1, -0.05) is 13.8 Å². The SMILES string of the molecule is CC(C)NCCCN(CC(F)(F)F)C(C)C. The Kier molecular flexibility index (Phi) is 6.99. The Morgan fingerprint density at radius 3 is 2.06 bits per heavy atom. The van der Waals surface area contributed by atoms with Crippen LogP contribution < -0.4 is 5.32 Å². The molecule has 0 spiro atoms. The first kappa shape index (κ1) is 15.7. The smallest absolute Gasteiger partial charge is 0.314 e. The van der Waals surface area contributed by atoms with Gasteiger partial charge in [0, 0.05) is 12.1 Å². The summed E-state index contributed by atoms with van der Waals surface area (Å²) in [5.41, 5.74) is 0. The molecule has 0 saturated heterocycles. The van der Waals surface area contributed by atoms with Gasteiger partial charge in [0.2, 0.25) is 0 Å². The molecule has 0 heterocycles. The van der Waals surface area contributed by atoms with Crippen molar-refractivity contribution in [3.05, 3.63) is 0 Å². The second-order valence-electron chi connectivity index (χ2n) is 4.64. The van der Waals surface area contributed by atoms with Crippen molar-refractivity contribution in [1.29, 1.82) is 0 Å². The summed E-state index contributed by atoms with van der Waals surface area (Å²) in [5, 5.41) is 3.19. The summed E-state index contributed by atoms with van der Waals surface area (Å²) in [5.74, 6) is 0. The zero-order valence-electron chi connectivity index (χ0n) is 10.6. The minimum atomic E-state index is -4.10. The van der Waals surface area contributed by atoms with Crippen molar-refractivity contribution < 1.29 is 13.2 Å². The normalized spacial score (nSPS) is 13.1. The molecule has 0 saturated carbocycles. The summed E-state index contributed by atoms with van der Waals surface area (Å²) < 4.78 is 36.7. The van der Waals surface area contributed by atoms with E-state index in [9.17, 15) is 13.2 Å². The zero-order chi connectivity index (χ0) is 12.8. The van der Waals surface area contributed by atoms with Gasteiger partial charge in [0.25, 0.3) is 0 Å². The summed E-state index contributed by atoms with van der Waals surface area (Å²) in [6.07, 6.45) is -3.36. The molecular formula is C11H23F3N2. The third kappa shape index (κ3) is 8.97. The van der Waals surface area contributed by atoms with Gasteiger partial charge in [0.05, 0.1) is 6.54 Å². The molecule has 5 heteroatoms. The summed E-state index contributed by atoms with van der Waals surface area (Å²) in [6, 6.07) is 0.316. The molecule has 1 N–H and O–H groups in total. The third-order valence-electron chi connectivity index (χ3n) is 2.29. The van der Waals surface area contributed by atoms with E-state index in [1.165, 1.54) is 4.90 Å². The Balaban J connectivity index is 3.87. The van der Waals surface area contributed by atoms with Crippen molar-refractivity contribution in [2.24, 2.45) is 0 Å². The topological polar surface area (TPSA) is 15.3 Å². The molecule has 0 aliphatic heterocycles. The lowest BCUT2D eigenvalue weighted by Crippen LogP contribution is -2.40. The van der Waals surface area contributed by atoms with Gasteiger partial charge in [-0.3, -0.25) is 4.90 Å². The van der Waals surface area contributed by atoms with Crippen LogP contribution in [-0.4, -0.2) is 42.8 Å². The molecular weight excluding hydrogens is 217 g/mol. The fourth-order valence-electron chi connectivity index (χ4n) is 1.42. The summed E-state index contributed by atoms with van der Waals surface area (Å²) in [7, 11) is 0. The Bertz CT molecular complexity index is 179. The molecule has 2 nitrogen and oxygen atoms in total. The molecule has 0 radical (unpaired) electrons. The Labute approximate surface area is 96.2 Å². The van der Waals surface area contributed by atoms with Crippen molar-refractivity contribution in [3.8, 4) is 0 Å². The lowest BCUT2D eigenvalue weighted by Gasteiger charge is -2.27. The standard InChI is InChI=1S/C11H23F3N2/c1-9(2)15-6-5-7-16(10(3)4)8-11(12,13)14/h9-10,15H,5-8H2,1-4H3. The molecule has 0 rings (SSSR count). The van der Waals surface area contributed by atoms with E-state index in [0.717, 1.165) is 13.0 Å². The first-order valence-corrected chi connectivity index (χ1v) is 5.76. The molecule has 0 aromatic heterocycles. The van der Waals surface area contributed by atoms with E-state index < -0.39 is 12.7 Å². The number of hydrogen-bond acceptors (Lipinski definition) is 2. The van der Waals surface area contributed by atoms with Gasteiger partial charge >= 0.3 is 6.18 Å². The molecule has 0 unspecified atom stereocenters. The Hall–Kier alpha value is -0.290. The highest BCUT2D eigenvalue weighted by Crippen LogP contribution is 2.17. The predicted molar refractivity (Wildman–Crippen MR) is 60.5 cm³/mol. The van der Waals surface area contributed by atoms with Crippen LogP contribution in [0, 0.1) is 0 Å². The van der Waals surface area contributed by atoms with Gasteiger partial charge in [0.1, 0.15) is 0 Å². The van der Waals surface area contributed by atoms with Crippen molar-refractivity contribution in [2.75, 3.05) is 19.6 Å². The van der Waals surface area contributed by atoms with Crippen LogP contribution in [-0.2, 0) is 0 Å². The maximum atomic E-state index is 12.2. The highest BCUT2D eigenvalue weighted by atomic mass is 19.4. The second-order valence-corrected chi connectivity index (χ2v) is 4.64. The third-order valence-corrected chi connectivity index (χ3v) is 2.29. The van der Waals surface area contributed by atoms with Crippen LogP contribution in [0.1, 0.15) is 34.1 Å². The highest BCUT2D eigenvalue weighted by Gasteiger charge is 2.31. The molecule has 0 amide bonds. The van der Waals surface area contributed by atoms with Gasteiger partial charge < -0.3 is 5.32 Å². The molecule has 0 aromatic rings. The first-order chi connectivity index (χ1) is 7.22. The lowest BCUT2D eigenvalue weighted by atomic mass is 10.2. The van der Waals surface area contributed by atoms with Crippen molar-refractivity contribution in [1.82, 2.24) is 10.2 Å². The van der Waals surface area contributed by atoms with Gasteiger partial charge in [-0.25, -0.2) is 0 Å². The van der Waals surface area contributed by atoms with Crippen molar-refractivity contribution in [3.63, 3.8) is 0 Å². The zero-order valence-corrected chi connectivity index (χ0v) is 10.6. The molecule has 0 fully saturated rings. The number of halogens is 3. The van der Waals surface area contributed by atoms with Crippen LogP contribution in [0.3, 0.4) is 0 Å². The fraction of sp³-hybridized carbons (Fsp3) is 1.00. The highest BCUT2D eigenvalue weighted by molar-refractivity contribution is 4.68. The molecule has 16 heavy (non-hydrogen) atoms. The molecule has 0 aliphatic rings. The minimum absolute atomic E-state index is 0.0688. The fourth-order valence-corrected chi connectivity index (χ4v) is 1.42. The number of hydrogen-bond donors (Lipinski definition) is 1. The molecule has 0 aliphatic carbocycles. The Morgan fingerprint density at radius 1 is 1.12 bits per heavy atom. The predicted octanol–water partition coefficient (Wildman–Crippen LogP) is 2.65. The van der Waals surface area contributed by atoms with Crippen LogP contribution >= 0.6 is 0 Å². The summed E-state index contributed by atoms with van der Waals surface area (Å²) in [6.45, 7) is 8.07. The average Bonchev–Trinajstić information content (AvgIpc) is 2.07. The van der Waals surface area contributed by atoms with Crippen LogP contribution in [0.2, 0.25) is 0 Å². The molecule has 0 atom stereocenters. The van der Waals surface area contributed by atoms with E-state index in [4.69, 9.17) is 0 Å². The quantitative estimate of drug-likeness (QED) is 0.688. The maximum Gasteiger partial charge on any atom is 0.401 e. The van der Waals surface area contributed by atoms with E-state index in [2.05, 4.69) is 5.32 Å². The molecule has 0 aromatic carbocycles. The van der Waals surface area contributed by atoms with Crippen LogP contribution in [0.5, 0.6) is 0 Å². The second kappa shape index (κ2) is 7.12. The van der Waals surface area contributed by atoms with Crippen LogP contribution in [0.25, 0.3) is 0 Å². The molecule has 0 bridgehead atoms. The van der Waals surface area contributed by atoms with E-state index in [1.807, 2.05) is 13.8 Å². The van der Waals surface area contributed by atoms with Gasteiger partial charge in [-0.2, -0.15) is 13.2 Å². The van der Waals surface area contributed by atoms with E-state index >= 15 is 0 Å². The number of nitrogens with zero attached hydrogens (tertiary/aromatic N) is 1. The average molecular weight is 240 g/mol. The van der Waals surface area contributed by atoms with Gasteiger partial charge in [0.15, 0.2) is 0 Å². The minimum Gasteiger partial charge on any atom is -0.314 e. The van der Waals surface area contributed by atoms with E-state index in [1.54, 1.807) is 13.8 Å². The lowest BCUT2D eigenvalue weighted by molar-refractivity contribution is -0.149. The van der Waals surface area contributed by atoms with E-state index in [-0.39, 0.29) is 6.04 Å². The Morgan fingerprint density at radius 2 is 1.69 bits per heavy atom. The monoisotopic (exact) mass is 240 g/mol. The van der Waals surface area contributed by atoms with E-state index in [0.29, 0.717) is 12.6 Å². The van der Waals surface area contributed by atoms with Crippen LogP contribution in [0.15, 0.2) is 0 Å². The van der Waals surface area contributed by atoms with Gasteiger partial charge in [-0.05, 0) is 33.4 Å². The van der Waals surface area contributed by atoms with Crippen LogP contribution in [0.4, 0.5) is 13.2 Å². The maximum absolute atomic E-state index is 12.2.